The van der Waals surface area contributed by atoms with Crippen LogP contribution in [-0.2, 0) is 14.4 Å². The Labute approximate surface area is 119 Å². The van der Waals surface area contributed by atoms with Crippen LogP contribution in [0, 0.1) is 0 Å². The van der Waals surface area contributed by atoms with Crippen molar-refractivity contribution in [3.63, 3.8) is 0 Å². The number of nitrogens with one attached hydrogen (secondary N) is 1. The van der Waals surface area contributed by atoms with Crippen LogP contribution in [0.5, 0.6) is 11.5 Å². The number of rotatable bonds is 4. The minimum absolute atomic E-state index is 0.110. The Kier molecular flexibility index (Phi) is 4.27. The number of piperazine rings is 1. The molecule has 0 bridgehead atoms. The standard InChI is InChI=1S/C13H14N2O6/c16-9-3-1-2-4-10(9)21-7-12(18)15-6-11(17)14-5-8(15)13(19)20/h1-4,8,16H,5-7H2,(H,14,17)(H,19,20). The second-order valence-electron chi connectivity index (χ2n) is 4.44. The Morgan fingerprint density at radius 1 is 1.38 bits per heavy atom. The number of hydrogen-bond donors (Lipinski definition) is 3. The van der Waals surface area contributed by atoms with Gasteiger partial charge < -0.3 is 25.2 Å². The van der Waals surface area contributed by atoms with Gasteiger partial charge in [-0.05, 0) is 12.1 Å². The molecule has 0 radical (unpaired) electrons. The van der Waals surface area contributed by atoms with Crippen LogP contribution in [0.4, 0.5) is 0 Å². The summed E-state index contributed by atoms with van der Waals surface area (Å²) < 4.78 is 5.15. The molecule has 8 heteroatoms. The van der Waals surface area contributed by atoms with Crippen molar-refractivity contribution in [3.05, 3.63) is 24.3 Å². The molecule has 0 saturated carbocycles. The minimum Gasteiger partial charge on any atom is -0.504 e. The fourth-order valence-corrected chi connectivity index (χ4v) is 1.93. The van der Waals surface area contributed by atoms with Crippen molar-refractivity contribution in [1.29, 1.82) is 0 Å². The Morgan fingerprint density at radius 2 is 2.10 bits per heavy atom. The molecule has 1 unspecified atom stereocenters. The molecule has 0 aliphatic carbocycles. The van der Waals surface area contributed by atoms with E-state index in [0.717, 1.165) is 4.90 Å². The first-order chi connectivity index (χ1) is 9.99. The number of ether oxygens (including phenoxy) is 1. The van der Waals surface area contributed by atoms with Gasteiger partial charge >= 0.3 is 5.97 Å². The molecular weight excluding hydrogens is 280 g/mol. The summed E-state index contributed by atoms with van der Waals surface area (Å²) in [5.74, 6) is -2.29. The molecule has 0 aromatic heterocycles. The number of phenols is 1. The van der Waals surface area contributed by atoms with Gasteiger partial charge in [-0.15, -0.1) is 0 Å². The molecule has 1 aromatic carbocycles. The number of aromatic hydroxyl groups is 1. The highest BCUT2D eigenvalue weighted by Gasteiger charge is 2.35. The van der Waals surface area contributed by atoms with Gasteiger partial charge in [0, 0.05) is 6.54 Å². The Hall–Kier alpha value is -2.77. The molecule has 1 heterocycles. The van der Waals surface area contributed by atoms with E-state index in [2.05, 4.69) is 5.32 Å². The maximum atomic E-state index is 12.0. The molecule has 0 spiro atoms. The van der Waals surface area contributed by atoms with Crippen molar-refractivity contribution in [2.45, 2.75) is 6.04 Å². The Balaban J connectivity index is 2.02. The van der Waals surface area contributed by atoms with E-state index in [1.54, 1.807) is 12.1 Å². The van der Waals surface area contributed by atoms with E-state index in [4.69, 9.17) is 9.84 Å². The molecule has 8 nitrogen and oxygen atoms in total. The summed E-state index contributed by atoms with van der Waals surface area (Å²) in [4.78, 5) is 35.3. The first kappa shape index (κ1) is 14.6. The molecule has 3 N–H and O–H groups in total. The number of nitrogens with zero attached hydrogens (tertiary/aromatic N) is 1. The quantitative estimate of drug-likeness (QED) is 0.668. The summed E-state index contributed by atoms with van der Waals surface area (Å²) in [6.45, 7) is -0.939. The van der Waals surface area contributed by atoms with Crippen molar-refractivity contribution in [2.24, 2.45) is 0 Å². The number of para-hydroxylation sites is 2. The zero-order chi connectivity index (χ0) is 15.4. The molecule has 21 heavy (non-hydrogen) atoms. The van der Waals surface area contributed by atoms with Crippen molar-refractivity contribution in [3.8, 4) is 11.5 Å². The molecule has 1 fully saturated rings. The van der Waals surface area contributed by atoms with E-state index in [1.165, 1.54) is 12.1 Å². The predicted octanol–water partition coefficient (Wildman–Crippen LogP) is -0.817. The number of phenolic OH excluding ortho intramolecular Hbond substituents is 1. The smallest absolute Gasteiger partial charge is 0.328 e. The molecule has 2 rings (SSSR count). The van der Waals surface area contributed by atoms with Gasteiger partial charge in [0.15, 0.2) is 18.1 Å². The monoisotopic (exact) mass is 294 g/mol. The van der Waals surface area contributed by atoms with E-state index in [9.17, 15) is 19.5 Å². The summed E-state index contributed by atoms with van der Waals surface area (Å²) >= 11 is 0. The minimum atomic E-state index is -1.20. The number of carbonyl (C=O) groups is 3. The van der Waals surface area contributed by atoms with E-state index in [0.29, 0.717) is 0 Å². The van der Waals surface area contributed by atoms with Crippen LogP contribution in [0.1, 0.15) is 0 Å². The number of hydrogen-bond acceptors (Lipinski definition) is 5. The molecule has 1 atom stereocenters. The number of amides is 2. The van der Waals surface area contributed by atoms with Gasteiger partial charge in [-0.25, -0.2) is 4.79 Å². The lowest BCUT2D eigenvalue weighted by Crippen LogP contribution is -2.60. The van der Waals surface area contributed by atoms with Gasteiger partial charge in [-0.2, -0.15) is 0 Å². The predicted molar refractivity (Wildman–Crippen MR) is 69.7 cm³/mol. The zero-order valence-electron chi connectivity index (χ0n) is 11.0. The van der Waals surface area contributed by atoms with Gasteiger partial charge in [0.25, 0.3) is 5.91 Å². The number of benzene rings is 1. The number of carboxylic acids is 1. The summed E-state index contributed by atoms with van der Waals surface area (Å²) in [5.41, 5.74) is 0. The highest BCUT2D eigenvalue weighted by Crippen LogP contribution is 2.24. The third-order valence-electron chi connectivity index (χ3n) is 3.00. The summed E-state index contributed by atoms with van der Waals surface area (Å²) in [7, 11) is 0. The average molecular weight is 294 g/mol. The van der Waals surface area contributed by atoms with Crippen molar-refractivity contribution in [2.75, 3.05) is 19.7 Å². The van der Waals surface area contributed by atoms with Crippen molar-refractivity contribution >= 4 is 17.8 Å². The SMILES string of the molecule is O=C1CN(C(=O)COc2ccccc2O)C(C(=O)O)CN1. The first-order valence-electron chi connectivity index (χ1n) is 6.19. The molecule has 1 aromatic rings. The van der Waals surface area contributed by atoms with Crippen LogP contribution in [0.15, 0.2) is 24.3 Å². The van der Waals surface area contributed by atoms with E-state index in [-0.39, 0.29) is 24.6 Å². The van der Waals surface area contributed by atoms with Crippen molar-refractivity contribution in [1.82, 2.24) is 10.2 Å². The largest absolute Gasteiger partial charge is 0.504 e. The van der Waals surface area contributed by atoms with E-state index < -0.39 is 30.4 Å². The normalized spacial score (nSPS) is 18.0. The fourth-order valence-electron chi connectivity index (χ4n) is 1.93. The highest BCUT2D eigenvalue weighted by atomic mass is 16.5. The third-order valence-corrected chi connectivity index (χ3v) is 3.00. The molecule has 1 saturated heterocycles. The molecule has 2 amide bonds. The van der Waals surface area contributed by atoms with E-state index >= 15 is 0 Å². The summed E-state index contributed by atoms with van der Waals surface area (Å²) in [6, 6.07) is 4.96. The Morgan fingerprint density at radius 3 is 2.76 bits per heavy atom. The number of carboxylic acid groups (broad SMARTS) is 1. The first-order valence-corrected chi connectivity index (χ1v) is 6.19. The van der Waals surface area contributed by atoms with Crippen LogP contribution in [0.3, 0.4) is 0 Å². The lowest BCUT2D eigenvalue weighted by molar-refractivity contribution is -0.154. The lowest BCUT2D eigenvalue weighted by Gasteiger charge is -2.32. The third kappa shape index (κ3) is 3.41. The van der Waals surface area contributed by atoms with Gasteiger partial charge in [-0.3, -0.25) is 9.59 Å². The number of aliphatic carboxylic acids is 1. The van der Waals surface area contributed by atoms with Crippen LogP contribution in [0.25, 0.3) is 0 Å². The second-order valence-corrected chi connectivity index (χ2v) is 4.44. The summed E-state index contributed by atoms with van der Waals surface area (Å²) in [6.07, 6.45) is 0. The maximum Gasteiger partial charge on any atom is 0.328 e. The fraction of sp³-hybridized carbons (Fsp3) is 0.308. The number of carbonyl (C=O) groups excluding carboxylic acids is 2. The molecule has 1 aliphatic heterocycles. The van der Waals surface area contributed by atoms with Crippen LogP contribution in [0.2, 0.25) is 0 Å². The lowest BCUT2D eigenvalue weighted by atomic mass is 10.2. The topological polar surface area (TPSA) is 116 Å². The second kappa shape index (κ2) is 6.12. The van der Waals surface area contributed by atoms with Gasteiger partial charge in [0.05, 0.1) is 0 Å². The van der Waals surface area contributed by atoms with Crippen LogP contribution >= 0.6 is 0 Å². The average Bonchev–Trinajstić information content (AvgIpc) is 2.45. The van der Waals surface area contributed by atoms with Crippen LogP contribution in [-0.4, -0.2) is 58.6 Å². The van der Waals surface area contributed by atoms with Gasteiger partial charge in [0.1, 0.15) is 12.6 Å². The molecule has 1 aliphatic rings. The summed E-state index contributed by atoms with van der Waals surface area (Å²) in [5, 5.41) is 20.9. The van der Waals surface area contributed by atoms with Gasteiger partial charge in [-0.1, -0.05) is 12.1 Å². The van der Waals surface area contributed by atoms with Crippen LogP contribution < -0.4 is 10.1 Å². The molecule has 112 valence electrons. The Bertz CT molecular complexity index is 574. The molecular formula is C13H14N2O6. The van der Waals surface area contributed by atoms with Gasteiger partial charge in [0.2, 0.25) is 5.91 Å². The maximum absolute atomic E-state index is 12.0. The van der Waals surface area contributed by atoms with Crippen molar-refractivity contribution < 1.29 is 29.3 Å². The zero-order valence-corrected chi connectivity index (χ0v) is 11.0. The highest BCUT2D eigenvalue weighted by molar-refractivity contribution is 5.91. The van der Waals surface area contributed by atoms with E-state index in [1.807, 2.05) is 0 Å².